The van der Waals surface area contributed by atoms with E-state index in [-0.39, 0.29) is 10.6 Å². The van der Waals surface area contributed by atoms with Gasteiger partial charge in [-0.15, -0.1) is 0 Å². The lowest BCUT2D eigenvalue weighted by molar-refractivity contribution is 0.0823. The maximum absolute atomic E-state index is 13.4. The smallest absolute Gasteiger partial charge is 0.253 e. The summed E-state index contributed by atoms with van der Waals surface area (Å²) in [7, 11) is 0. The van der Waals surface area contributed by atoms with Crippen molar-refractivity contribution in [2.45, 2.75) is 24.8 Å². The molecule has 0 saturated heterocycles. The molecule has 114 valence electrons. The van der Waals surface area contributed by atoms with Gasteiger partial charge in [-0.1, -0.05) is 41.9 Å². The van der Waals surface area contributed by atoms with Crippen molar-refractivity contribution in [3.8, 4) is 0 Å². The topological polar surface area (TPSA) is 29.1 Å². The third kappa shape index (κ3) is 2.59. The number of nitrogens with one attached hydrogen (secondary N) is 1. The molecule has 0 unspecified atom stereocenters. The third-order valence-electron chi connectivity index (χ3n) is 4.14. The van der Waals surface area contributed by atoms with Crippen LogP contribution in [0.2, 0.25) is 5.02 Å². The summed E-state index contributed by atoms with van der Waals surface area (Å²) in [5, 5.41) is 2.84. The fraction of sp³-hybridized carbons (Fsp3) is 0.235. The Morgan fingerprint density at radius 1 is 1.09 bits per heavy atom. The van der Waals surface area contributed by atoms with Crippen molar-refractivity contribution in [2.24, 2.45) is 0 Å². The van der Waals surface area contributed by atoms with Gasteiger partial charge in [-0.25, -0.2) is 8.78 Å². The minimum absolute atomic E-state index is 0.0530. The summed E-state index contributed by atoms with van der Waals surface area (Å²) in [6.45, 7) is 0. The summed E-state index contributed by atoms with van der Waals surface area (Å²) >= 11 is 5.86. The highest BCUT2D eigenvalue weighted by molar-refractivity contribution is 6.33. The minimum Gasteiger partial charge on any atom is -0.342 e. The summed E-state index contributed by atoms with van der Waals surface area (Å²) in [6, 6.07) is 11.3. The molecule has 1 aliphatic rings. The molecule has 1 N–H and O–H groups in total. The number of hydrogen-bond donors (Lipinski definition) is 1. The molecule has 0 aliphatic heterocycles. The second kappa shape index (κ2) is 5.69. The van der Waals surface area contributed by atoms with E-state index in [4.69, 9.17) is 11.6 Å². The molecule has 2 aromatic carbocycles. The zero-order chi connectivity index (χ0) is 15.7. The highest BCUT2D eigenvalue weighted by Gasteiger charge is 2.40. The van der Waals surface area contributed by atoms with Crippen molar-refractivity contribution in [3.05, 3.63) is 70.2 Å². The molecule has 0 radical (unpaired) electrons. The van der Waals surface area contributed by atoms with E-state index in [2.05, 4.69) is 5.32 Å². The quantitative estimate of drug-likeness (QED) is 0.833. The largest absolute Gasteiger partial charge is 0.342 e. The molecule has 0 spiro atoms. The van der Waals surface area contributed by atoms with E-state index in [1.165, 1.54) is 0 Å². The number of carbonyl (C=O) groups excluding carboxylic acids is 1. The molecule has 0 heterocycles. The Morgan fingerprint density at radius 3 is 2.32 bits per heavy atom. The van der Waals surface area contributed by atoms with Crippen molar-refractivity contribution in [3.63, 3.8) is 0 Å². The zero-order valence-corrected chi connectivity index (χ0v) is 12.5. The average Bonchev–Trinajstić information content (AvgIpc) is 2.47. The maximum Gasteiger partial charge on any atom is 0.253 e. The van der Waals surface area contributed by atoms with E-state index < -0.39 is 23.1 Å². The van der Waals surface area contributed by atoms with Gasteiger partial charge in [0.15, 0.2) is 11.6 Å². The van der Waals surface area contributed by atoms with Gasteiger partial charge in [-0.3, -0.25) is 4.79 Å². The van der Waals surface area contributed by atoms with Crippen LogP contribution in [0.15, 0.2) is 42.5 Å². The predicted molar refractivity (Wildman–Crippen MR) is 80.8 cm³/mol. The highest BCUT2D eigenvalue weighted by atomic mass is 35.5. The van der Waals surface area contributed by atoms with E-state index in [9.17, 15) is 13.6 Å². The van der Waals surface area contributed by atoms with Crippen LogP contribution in [-0.2, 0) is 5.54 Å². The Balaban J connectivity index is 1.89. The Labute approximate surface area is 132 Å². The van der Waals surface area contributed by atoms with E-state index in [1.54, 1.807) is 0 Å². The first-order valence-electron chi connectivity index (χ1n) is 7.04. The lowest BCUT2D eigenvalue weighted by Gasteiger charge is -2.43. The van der Waals surface area contributed by atoms with Gasteiger partial charge in [0, 0.05) is 0 Å². The van der Waals surface area contributed by atoms with Crippen LogP contribution in [0.4, 0.5) is 8.78 Å². The first kappa shape index (κ1) is 15.0. The fourth-order valence-electron chi connectivity index (χ4n) is 2.75. The van der Waals surface area contributed by atoms with Crippen molar-refractivity contribution in [1.29, 1.82) is 0 Å². The summed E-state index contributed by atoms with van der Waals surface area (Å²) in [5.41, 5.74) is 0.503. The summed E-state index contributed by atoms with van der Waals surface area (Å²) < 4.78 is 26.5. The lowest BCUT2D eigenvalue weighted by Crippen LogP contribution is -2.50. The molecule has 0 aromatic heterocycles. The van der Waals surface area contributed by atoms with Gasteiger partial charge in [0.05, 0.1) is 16.1 Å². The number of rotatable bonds is 3. The van der Waals surface area contributed by atoms with Crippen LogP contribution < -0.4 is 5.32 Å². The van der Waals surface area contributed by atoms with Crippen molar-refractivity contribution < 1.29 is 13.6 Å². The van der Waals surface area contributed by atoms with Gasteiger partial charge in [0.2, 0.25) is 0 Å². The summed E-state index contributed by atoms with van der Waals surface area (Å²) in [4.78, 5) is 12.4. The molecule has 5 heteroatoms. The molecule has 1 fully saturated rings. The number of halogens is 3. The van der Waals surface area contributed by atoms with Crippen LogP contribution in [0, 0.1) is 11.6 Å². The normalized spacial score (nSPS) is 16.0. The van der Waals surface area contributed by atoms with Crippen molar-refractivity contribution >= 4 is 17.5 Å². The van der Waals surface area contributed by atoms with Gasteiger partial charge in [0.1, 0.15) is 0 Å². The first-order valence-corrected chi connectivity index (χ1v) is 7.42. The van der Waals surface area contributed by atoms with Gasteiger partial charge >= 0.3 is 0 Å². The Hall–Kier alpha value is -1.94. The Morgan fingerprint density at radius 2 is 1.73 bits per heavy atom. The number of benzene rings is 2. The van der Waals surface area contributed by atoms with Gasteiger partial charge < -0.3 is 5.32 Å². The summed E-state index contributed by atoms with van der Waals surface area (Å²) in [5.74, 6) is -2.65. The van der Waals surface area contributed by atoms with E-state index in [1.807, 2.05) is 30.3 Å². The van der Waals surface area contributed by atoms with Gasteiger partial charge in [0.25, 0.3) is 5.91 Å². The highest BCUT2D eigenvalue weighted by Crippen LogP contribution is 2.41. The second-order valence-corrected chi connectivity index (χ2v) is 5.91. The average molecular weight is 322 g/mol. The molecule has 1 saturated carbocycles. The zero-order valence-electron chi connectivity index (χ0n) is 11.7. The van der Waals surface area contributed by atoms with E-state index >= 15 is 0 Å². The summed E-state index contributed by atoms with van der Waals surface area (Å²) in [6.07, 6.45) is 2.62. The molecule has 1 amide bonds. The maximum atomic E-state index is 13.4. The SMILES string of the molecule is O=C(NC1(c2ccccc2)CCC1)c1cc(F)c(F)cc1Cl. The Kier molecular flexibility index (Phi) is 3.87. The fourth-order valence-corrected chi connectivity index (χ4v) is 2.99. The van der Waals surface area contributed by atoms with E-state index in [0.717, 1.165) is 37.0 Å². The molecule has 0 bridgehead atoms. The molecule has 3 rings (SSSR count). The molecule has 22 heavy (non-hydrogen) atoms. The van der Waals surface area contributed by atoms with Crippen LogP contribution in [0.25, 0.3) is 0 Å². The van der Waals surface area contributed by atoms with Crippen LogP contribution in [0.1, 0.15) is 35.2 Å². The monoisotopic (exact) mass is 321 g/mol. The van der Waals surface area contributed by atoms with Gasteiger partial charge in [-0.2, -0.15) is 0 Å². The molecule has 1 aliphatic carbocycles. The first-order chi connectivity index (χ1) is 10.5. The molecule has 2 aromatic rings. The van der Waals surface area contributed by atoms with Crippen molar-refractivity contribution in [2.75, 3.05) is 0 Å². The number of carbonyl (C=O) groups is 1. The van der Waals surface area contributed by atoms with Crippen LogP contribution in [0.5, 0.6) is 0 Å². The van der Waals surface area contributed by atoms with Crippen LogP contribution in [-0.4, -0.2) is 5.91 Å². The molecular formula is C17H14ClF2NO. The molecule has 0 atom stereocenters. The Bertz CT molecular complexity index is 714. The van der Waals surface area contributed by atoms with Gasteiger partial charge in [-0.05, 0) is 37.0 Å². The predicted octanol–water partition coefficient (Wildman–Crippen LogP) is 4.43. The number of amides is 1. The minimum atomic E-state index is -1.09. The van der Waals surface area contributed by atoms with Crippen LogP contribution in [0.3, 0.4) is 0 Å². The van der Waals surface area contributed by atoms with Crippen LogP contribution >= 0.6 is 11.6 Å². The lowest BCUT2D eigenvalue weighted by atomic mass is 9.71. The molecule has 2 nitrogen and oxygen atoms in total. The second-order valence-electron chi connectivity index (χ2n) is 5.50. The van der Waals surface area contributed by atoms with E-state index in [0.29, 0.717) is 0 Å². The third-order valence-corrected chi connectivity index (χ3v) is 4.45. The standard InChI is InChI=1S/C17H14ClF2NO/c18-13-10-15(20)14(19)9-12(13)16(22)21-17(7-4-8-17)11-5-2-1-3-6-11/h1-3,5-6,9-10H,4,7-8H2,(H,21,22). The van der Waals surface area contributed by atoms with Crippen molar-refractivity contribution in [1.82, 2.24) is 5.32 Å². The number of hydrogen-bond acceptors (Lipinski definition) is 1. The molecular weight excluding hydrogens is 308 g/mol.